The van der Waals surface area contributed by atoms with Gasteiger partial charge in [0.1, 0.15) is 5.52 Å². The highest BCUT2D eigenvalue weighted by atomic mass is 32.2. The van der Waals surface area contributed by atoms with Crippen LogP contribution in [0.1, 0.15) is 12.8 Å². The zero-order valence-corrected chi connectivity index (χ0v) is 8.80. The standard InChI is InChI=1S/C10H12N2OS/c1-2-14-6-10-12-8-5-7(11)3-4-9(8)13-10/h3-5H,2,6,11H2,1H3. The number of fused-ring (bicyclic) bond motifs is 1. The van der Waals surface area contributed by atoms with E-state index in [2.05, 4.69) is 11.9 Å². The molecule has 0 amide bonds. The van der Waals surface area contributed by atoms with Crippen molar-refractivity contribution in [2.75, 3.05) is 11.5 Å². The van der Waals surface area contributed by atoms with Crippen molar-refractivity contribution in [1.29, 1.82) is 0 Å². The number of oxazole rings is 1. The molecule has 0 spiro atoms. The van der Waals surface area contributed by atoms with Crippen molar-refractivity contribution < 1.29 is 4.42 Å². The number of nitrogens with two attached hydrogens (primary N) is 1. The molecule has 0 saturated heterocycles. The molecule has 0 unspecified atom stereocenters. The van der Waals surface area contributed by atoms with Crippen molar-refractivity contribution in [2.45, 2.75) is 12.7 Å². The Morgan fingerprint density at radius 2 is 2.36 bits per heavy atom. The Kier molecular flexibility index (Phi) is 2.63. The monoisotopic (exact) mass is 208 g/mol. The minimum atomic E-state index is 0.723. The number of nitrogen functional groups attached to an aromatic ring is 1. The fourth-order valence-electron chi connectivity index (χ4n) is 1.24. The van der Waals surface area contributed by atoms with Crippen LogP contribution in [0.25, 0.3) is 11.1 Å². The molecule has 74 valence electrons. The van der Waals surface area contributed by atoms with Crippen molar-refractivity contribution in [3.05, 3.63) is 24.1 Å². The van der Waals surface area contributed by atoms with Gasteiger partial charge in [0.2, 0.25) is 5.89 Å². The molecule has 0 bridgehead atoms. The van der Waals surface area contributed by atoms with Crippen LogP contribution < -0.4 is 5.73 Å². The number of anilines is 1. The van der Waals surface area contributed by atoms with Gasteiger partial charge < -0.3 is 10.2 Å². The van der Waals surface area contributed by atoms with E-state index in [-0.39, 0.29) is 0 Å². The summed E-state index contributed by atoms with van der Waals surface area (Å²) in [7, 11) is 0. The number of thioether (sulfide) groups is 1. The lowest BCUT2D eigenvalue weighted by molar-refractivity contribution is 0.556. The van der Waals surface area contributed by atoms with Crippen LogP contribution >= 0.6 is 11.8 Å². The second-order valence-electron chi connectivity index (χ2n) is 2.97. The van der Waals surface area contributed by atoms with Gasteiger partial charge in [0.25, 0.3) is 0 Å². The minimum absolute atomic E-state index is 0.723. The summed E-state index contributed by atoms with van der Waals surface area (Å²) in [6, 6.07) is 5.51. The van der Waals surface area contributed by atoms with Crippen LogP contribution in [0.3, 0.4) is 0 Å². The molecule has 0 fully saturated rings. The lowest BCUT2D eigenvalue weighted by Crippen LogP contribution is -1.82. The van der Waals surface area contributed by atoms with E-state index in [1.54, 1.807) is 11.8 Å². The topological polar surface area (TPSA) is 52.0 Å². The van der Waals surface area contributed by atoms with Gasteiger partial charge in [-0.1, -0.05) is 6.92 Å². The first-order valence-electron chi connectivity index (χ1n) is 4.52. The van der Waals surface area contributed by atoms with Crippen LogP contribution in [0.15, 0.2) is 22.6 Å². The first-order valence-corrected chi connectivity index (χ1v) is 5.67. The maximum atomic E-state index is 5.65. The first kappa shape index (κ1) is 9.40. The summed E-state index contributed by atoms with van der Waals surface area (Å²) < 4.78 is 5.54. The highest BCUT2D eigenvalue weighted by Crippen LogP contribution is 2.20. The number of rotatable bonds is 3. The third-order valence-corrected chi connectivity index (χ3v) is 2.74. The SMILES string of the molecule is CCSCc1nc2cc(N)ccc2o1. The third-order valence-electron chi connectivity index (χ3n) is 1.89. The summed E-state index contributed by atoms with van der Waals surface area (Å²) >= 11 is 1.79. The maximum Gasteiger partial charge on any atom is 0.205 e. The van der Waals surface area contributed by atoms with Gasteiger partial charge in [-0.2, -0.15) is 11.8 Å². The lowest BCUT2D eigenvalue weighted by Gasteiger charge is -1.89. The van der Waals surface area contributed by atoms with Gasteiger partial charge in [-0.05, 0) is 24.0 Å². The van der Waals surface area contributed by atoms with Gasteiger partial charge in [0.05, 0.1) is 5.75 Å². The predicted molar refractivity (Wildman–Crippen MR) is 60.3 cm³/mol. The molecule has 1 aromatic heterocycles. The van der Waals surface area contributed by atoms with E-state index in [0.717, 1.165) is 34.2 Å². The van der Waals surface area contributed by atoms with Gasteiger partial charge in [-0.3, -0.25) is 0 Å². The molecule has 0 aliphatic rings. The quantitative estimate of drug-likeness (QED) is 0.788. The molecule has 0 radical (unpaired) electrons. The fraction of sp³-hybridized carbons (Fsp3) is 0.300. The zero-order valence-electron chi connectivity index (χ0n) is 7.99. The van der Waals surface area contributed by atoms with Gasteiger partial charge in [0.15, 0.2) is 5.58 Å². The molecule has 1 heterocycles. The van der Waals surface area contributed by atoms with E-state index in [0.29, 0.717) is 0 Å². The Morgan fingerprint density at radius 3 is 3.14 bits per heavy atom. The summed E-state index contributed by atoms with van der Waals surface area (Å²) in [5.74, 6) is 2.67. The van der Waals surface area contributed by atoms with Crippen molar-refractivity contribution >= 4 is 28.5 Å². The van der Waals surface area contributed by atoms with Gasteiger partial charge >= 0.3 is 0 Å². The normalized spacial score (nSPS) is 10.9. The molecule has 0 saturated carbocycles. The van der Waals surface area contributed by atoms with Gasteiger partial charge in [-0.15, -0.1) is 0 Å². The molecule has 0 aliphatic heterocycles. The van der Waals surface area contributed by atoms with Crippen LogP contribution in [0.2, 0.25) is 0 Å². The van der Waals surface area contributed by atoms with Crippen molar-refractivity contribution in [2.24, 2.45) is 0 Å². The fourth-order valence-corrected chi connectivity index (χ4v) is 1.75. The summed E-state index contributed by atoms with van der Waals surface area (Å²) in [5, 5.41) is 0. The maximum absolute atomic E-state index is 5.65. The highest BCUT2D eigenvalue weighted by molar-refractivity contribution is 7.98. The first-order chi connectivity index (χ1) is 6.79. The van der Waals surface area contributed by atoms with E-state index in [9.17, 15) is 0 Å². The van der Waals surface area contributed by atoms with Crippen LogP contribution in [-0.4, -0.2) is 10.7 Å². The summed E-state index contributed by atoms with van der Waals surface area (Å²) in [6.07, 6.45) is 0. The highest BCUT2D eigenvalue weighted by Gasteiger charge is 2.04. The largest absolute Gasteiger partial charge is 0.440 e. The van der Waals surface area contributed by atoms with E-state index < -0.39 is 0 Å². The average molecular weight is 208 g/mol. The number of hydrogen-bond acceptors (Lipinski definition) is 4. The second kappa shape index (κ2) is 3.92. The summed E-state index contributed by atoms with van der Waals surface area (Å²) in [4.78, 5) is 4.34. The summed E-state index contributed by atoms with van der Waals surface area (Å²) in [6.45, 7) is 2.12. The van der Waals surface area contributed by atoms with E-state index in [1.807, 2.05) is 18.2 Å². The molecule has 2 aromatic rings. The molecule has 0 aliphatic carbocycles. The predicted octanol–water partition coefficient (Wildman–Crippen LogP) is 2.66. The Morgan fingerprint density at radius 1 is 1.50 bits per heavy atom. The number of nitrogens with zero attached hydrogens (tertiary/aromatic N) is 1. The minimum Gasteiger partial charge on any atom is -0.440 e. The van der Waals surface area contributed by atoms with E-state index >= 15 is 0 Å². The number of benzene rings is 1. The molecule has 1 aromatic carbocycles. The van der Waals surface area contributed by atoms with Crippen molar-refractivity contribution in [3.8, 4) is 0 Å². The Balaban J connectivity index is 2.32. The molecule has 2 N–H and O–H groups in total. The van der Waals surface area contributed by atoms with Crippen LogP contribution in [0, 0.1) is 0 Å². The van der Waals surface area contributed by atoms with Gasteiger partial charge in [-0.25, -0.2) is 4.98 Å². The molecular weight excluding hydrogens is 196 g/mol. The van der Waals surface area contributed by atoms with E-state index in [4.69, 9.17) is 10.2 Å². The zero-order chi connectivity index (χ0) is 9.97. The molecule has 0 atom stereocenters. The van der Waals surface area contributed by atoms with Crippen molar-refractivity contribution in [3.63, 3.8) is 0 Å². The van der Waals surface area contributed by atoms with Crippen LogP contribution in [0.5, 0.6) is 0 Å². The smallest absolute Gasteiger partial charge is 0.205 e. The average Bonchev–Trinajstić information content (AvgIpc) is 2.56. The van der Waals surface area contributed by atoms with Gasteiger partial charge in [0, 0.05) is 5.69 Å². The molecule has 2 rings (SSSR count). The van der Waals surface area contributed by atoms with Crippen LogP contribution in [0.4, 0.5) is 5.69 Å². The molecule has 4 heteroatoms. The molecule has 14 heavy (non-hydrogen) atoms. The lowest BCUT2D eigenvalue weighted by atomic mass is 10.3. The Labute approximate surface area is 86.7 Å². The Bertz CT molecular complexity index is 439. The van der Waals surface area contributed by atoms with E-state index in [1.165, 1.54) is 0 Å². The third kappa shape index (κ3) is 1.85. The van der Waals surface area contributed by atoms with Crippen molar-refractivity contribution in [1.82, 2.24) is 4.98 Å². The molecular formula is C10H12N2OS. The Hall–Kier alpha value is -1.16. The van der Waals surface area contributed by atoms with Crippen LogP contribution in [-0.2, 0) is 5.75 Å². The second-order valence-corrected chi connectivity index (χ2v) is 4.25. The molecule has 3 nitrogen and oxygen atoms in total. The summed E-state index contributed by atoms with van der Waals surface area (Å²) in [5.41, 5.74) is 8.02. The number of hydrogen-bond donors (Lipinski definition) is 1. The number of aromatic nitrogens is 1.